The van der Waals surface area contributed by atoms with Gasteiger partial charge < -0.3 is 39.4 Å². The van der Waals surface area contributed by atoms with Crippen LogP contribution in [0.25, 0.3) is 0 Å². The van der Waals surface area contributed by atoms with E-state index in [0.29, 0.717) is 47.5 Å². The third-order valence-electron chi connectivity index (χ3n) is 5.60. The lowest BCUT2D eigenvalue weighted by atomic mass is 9.95. The number of hydrazone groups is 1. The Kier molecular flexibility index (Phi) is 10.4. The summed E-state index contributed by atoms with van der Waals surface area (Å²) >= 11 is 0. The molecule has 1 aliphatic rings. The third kappa shape index (κ3) is 7.54. The number of aliphatic hydroxyl groups excluding tert-OH is 1. The van der Waals surface area contributed by atoms with Gasteiger partial charge in [-0.3, -0.25) is 5.43 Å². The monoisotopic (exact) mass is 542 g/mol. The molecule has 0 fully saturated rings. The molecule has 0 radical (unpaired) electrons. The fraction of sp³-hybridized carbons (Fsp3) is 0.370. The van der Waals surface area contributed by atoms with E-state index in [-0.39, 0.29) is 12.2 Å². The Morgan fingerprint density at radius 1 is 1.05 bits per heavy atom. The Balaban J connectivity index is 1.68. The predicted octanol–water partition coefficient (Wildman–Crippen LogP) is 2.61. The highest BCUT2D eigenvalue weighted by Crippen LogP contribution is 2.35. The van der Waals surface area contributed by atoms with Gasteiger partial charge in [0, 0.05) is 5.70 Å². The van der Waals surface area contributed by atoms with Crippen LogP contribution < -0.4 is 35.0 Å². The average Bonchev–Trinajstić information content (AvgIpc) is 2.92. The van der Waals surface area contributed by atoms with E-state index in [1.54, 1.807) is 50.4 Å². The highest BCUT2D eigenvalue weighted by molar-refractivity contribution is 5.95. The van der Waals surface area contributed by atoms with Crippen LogP contribution in [0.3, 0.4) is 0 Å². The Bertz CT molecular complexity index is 1230. The maximum atomic E-state index is 12.4. The SMILES string of the molecule is CCOc1cc(/C=N\N[C@@H](O)COc2ccc([C@@H]3NC(=O)NC(C)=C3C(=O)OC)cc2OCC)ccc1OC. The van der Waals surface area contributed by atoms with Crippen molar-refractivity contribution < 1.29 is 38.4 Å². The summed E-state index contributed by atoms with van der Waals surface area (Å²) in [4.78, 5) is 24.5. The van der Waals surface area contributed by atoms with Gasteiger partial charge in [0.25, 0.3) is 0 Å². The fourth-order valence-corrected chi connectivity index (χ4v) is 3.86. The van der Waals surface area contributed by atoms with Crippen molar-refractivity contribution in [3.05, 3.63) is 58.8 Å². The lowest BCUT2D eigenvalue weighted by molar-refractivity contribution is -0.136. The first-order valence-corrected chi connectivity index (χ1v) is 12.3. The first-order chi connectivity index (χ1) is 18.8. The molecule has 0 spiro atoms. The van der Waals surface area contributed by atoms with Gasteiger partial charge in [0.2, 0.25) is 0 Å². The number of aliphatic hydroxyl groups is 1. The first kappa shape index (κ1) is 29.1. The zero-order chi connectivity index (χ0) is 28.4. The highest BCUT2D eigenvalue weighted by atomic mass is 16.5. The quantitative estimate of drug-likeness (QED) is 0.130. The molecule has 12 nitrogen and oxygen atoms in total. The molecule has 0 unspecified atom stereocenters. The molecule has 0 saturated carbocycles. The summed E-state index contributed by atoms with van der Waals surface area (Å²) in [6.45, 7) is 6.01. The number of nitrogens with zero attached hydrogens (tertiary/aromatic N) is 1. The number of rotatable bonds is 13. The summed E-state index contributed by atoms with van der Waals surface area (Å²) in [6, 6.07) is 9.17. The molecule has 210 valence electrons. The molecule has 0 aliphatic carbocycles. The van der Waals surface area contributed by atoms with Crippen molar-refractivity contribution in [2.45, 2.75) is 33.0 Å². The van der Waals surface area contributed by atoms with Gasteiger partial charge in [-0.1, -0.05) is 6.07 Å². The number of benzene rings is 2. The van der Waals surface area contributed by atoms with Crippen LogP contribution in [0.1, 0.15) is 37.9 Å². The number of hydrogen-bond donors (Lipinski definition) is 4. The summed E-state index contributed by atoms with van der Waals surface area (Å²) < 4.78 is 27.2. The van der Waals surface area contributed by atoms with Gasteiger partial charge in [0.15, 0.2) is 29.2 Å². The zero-order valence-electron chi connectivity index (χ0n) is 22.6. The minimum atomic E-state index is -1.12. The van der Waals surface area contributed by atoms with E-state index in [1.165, 1.54) is 13.3 Å². The number of carbonyl (C=O) groups is 2. The summed E-state index contributed by atoms with van der Waals surface area (Å²) in [5.41, 5.74) is 4.61. The lowest BCUT2D eigenvalue weighted by Gasteiger charge is -2.28. The second kappa shape index (κ2) is 13.9. The van der Waals surface area contributed by atoms with Crippen molar-refractivity contribution in [1.82, 2.24) is 16.1 Å². The smallest absolute Gasteiger partial charge is 0.337 e. The van der Waals surface area contributed by atoms with E-state index in [1.807, 2.05) is 13.8 Å². The van der Waals surface area contributed by atoms with Crippen LogP contribution in [0.2, 0.25) is 0 Å². The van der Waals surface area contributed by atoms with Gasteiger partial charge in [-0.05, 0) is 62.2 Å². The summed E-state index contributed by atoms with van der Waals surface area (Å²) in [6.07, 6.45) is 0.410. The van der Waals surface area contributed by atoms with E-state index in [9.17, 15) is 14.7 Å². The number of allylic oxidation sites excluding steroid dienone is 1. The van der Waals surface area contributed by atoms with Crippen LogP contribution in [-0.2, 0) is 9.53 Å². The zero-order valence-corrected chi connectivity index (χ0v) is 22.6. The molecular formula is C27H34N4O8. The van der Waals surface area contributed by atoms with E-state index in [0.717, 1.165) is 5.56 Å². The molecule has 2 aromatic carbocycles. The number of methoxy groups -OCH3 is 2. The maximum Gasteiger partial charge on any atom is 0.337 e. The molecule has 2 aromatic rings. The van der Waals surface area contributed by atoms with E-state index >= 15 is 0 Å². The number of urea groups is 1. The molecule has 2 atom stereocenters. The van der Waals surface area contributed by atoms with E-state index in [4.69, 9.17) is 23.7 Å². The fourth-order valence-electron chi connectivity index (χ4n) is 3.86. The largest absolute Gasteiger partial charge is 0.493 e. The number of amides is 2. The van der Waals surface area contributed by atoms with Crippen molar-refractivity contribution in [2.24, 2.45) is 5.10 Å². The van der Waals surface area contributed by atoms with Crippen molar-refractivity contribution >= 4 is 18.2 Å². The second-order valence-corrected chi connectivity index (χ2v) is 8.26. The van der Waals surface area contributed by atoms with Crippen molar-refractivity contribution in [2.75, 3.05) is 34.0 Å². The summed E-state index contributed by atoms with van der Waals surface area (Å²) in [5, 5.41) is 19.7. The first-order valence-electron chi connectivity index (χ1n) is 12.3. The molecule has 0 saturated heterocycles. The molecule has 0 bridgehead atoms. The van der Waals surface area contributed by atoms with Gasteiger partial charge in [-0.2, -0.15) is 5.10 Å². The highest BCUT2D eigenvalue weighted by Gasteiger charge is 2.32. The normalized spacial score (nSPS) is 15.7. The molecule has 0 aromatic heterocycles. The standard InChI is InChI=1S/C27H34N4O8/c1-6-37-21-12-17(8-10-19(21)35-4)14-28-31-23(32)15-39-20-11-9-18(13-22(20)38-7-2)25-24(26(33)36-5)16(3)29-27(34)30-25/h8-14,23,25,31-32H,6-7,15H2,1-5H3,(H2,29,30,34)/b28-14-/t23-,25-/m0/s1. The van der Waals surface area contributed by atoms with Crippen LogP contribution in [0.15, 0.2) is 52.8 Å². The number of nitrogens with one attached hydrogen (secondary N) is 3. The summed E-state index contributed by atoms with van der Waals surface area (Å²) in [7, 11) is 2.84. The average molecular weight is 543 g/mol. The predicted molar refractivity (Wildman–Crippen MR) is 143 cm³/mol. The minimum Gasteiger partial charge on any atom is -0.493 e. The Morgan fingerprint density at radius 2 is 1.74 bits per heavy atom. The lowest BCUT2D eigenvalue weighted by Crippen LogP contribution is -2.45. The summed E-state index contributed by atoms with van der Waals surface area (Å²) in [5.74, 6) is 1.38. The molecule has 1 aliphatic heterocycles. The van der Waals surface area contributed by atoms with Crippen molar-refractivity contribution in [1.29, 1.82) is 0 Å². The molecule has 12 heteroatoms. The third-order valence-corrected chi connectivity index (χ3v) is 5.60. The molecule has 3 rings (SSSR count). The van der Waals surface area contributed by atoms with Crippen LogP contribution in [0, 0.1) is 0 Å². The minimum absolute atomic E-state index is 0.139. The van der Waals surface area contributed by atoms with Gasteiger partial charge in [0.05, 0.1) is 45.3 Å². The van der Waals surface area contributed by atoms with E-state index in [2.05, 4.69) is 21.2 Å². The second-order valence-electron chi connectivity index (χ2n) is 8.26. The van der Waals surface area contributed by atoms with E-state index < -0.39 is 24.3 Å². The van der Waals surface area contributed by atoms with Crippen LogP contribution in [-0.4, -0.2) is 63.6 Å². The Hall–Kier alpha value is -4.45. The number of esters is 1. The number of carbonyl (C=O) groups excluding carboxylic acids is 2. The van der Waals surface area contributed by atoms with Gasteiger partial charge in [-0.25, -0.2) is 9.59 Å². The number of hydrogen-bond acceptors (Lipinski definition) is 10. The molecule has 4 N–H and O–H groups in total. The van der Waals surface area contributed by atoms with Crippen LogP contribution in [0.5, 0.6) is 23.0 Å². The van der Waals surface area contributed by atoms with Crippen LogP contribution in [0.4, 0.5) is 4.79 Å². The van der Waals surface area contributed by atoms with Gasteiger partial charge in [0.1, 0.15) is 6.61 Å². The van der Waals surface area contributed by atoms with Gasteiger partial charge >= 0.3 is 12.0 Å². The Labute approximate surface area is 226 Å². The molecule has 2 amide bonds. The number of ether oxygens (including phenoxy) is 5. The van der Waals surface area contributed by atoms with Crippen LogP contribution >= 0.6 is 0 Å². The van der Waals surface area contributed by atoms with Crippen molar-refractivity contribution in [3.8, 4) is 23.0 Å². The van der Waals surface area contributed by atoms with Gasteiger partial charge in [-0.15, -0.1) is 0 Å². The molecule has 1 heterocycles. The molecular weight excluding hydrogens is 508 g/mol. The van der Waals surface area contributed by atoms with Crippen molar-refractivity contribution in [3.63, 3.8) is 0 Å². The maximum absolute atomic E-state index is 12.4. The topological polar surface area (TPSA) is 149 Å². The molecule has 39 heavy (non-hydrogen) atoms. The Morgan fingerprint density at radius 3 is 2.41 bits per heavy atom.